The van der Waals surface area contributed by atoms with E-state index in [1.165, 1.54) is 42.5 Å². The third-order valence-corrected chi connectivity index (χ3v) is 6.15. The van der Waals surface area contributed by atoms with E-state index >= 15 is 0 Å². The molecule has 3 aromatic carbocycles. The molecule has 0 aliphatic carbocycles. The summed E-state index contributed by atoms with van der Waals surface area (Å²) in [6, 6.07) is 17.7. The second-order valence-electron chi connectivity index (χ2n) is 8.42. The van der Waals surface area contributed by atoms with Gasteiger partial charge in [0.15, 0.2) is 11.6 Å². The lowest BCUT2D eigenvalue weighted by Gasteiger charge is -2.25. The first kappa shape index (κ1) is 25.9. The van der Waals surface area contributed by atoms with Gasteiger partial charge in [0.2, 0.25) is 0 Å². The highest BCUT2D eigenvalue weighted by molar-refractivity contribution is 6.32. The third kappa shape index (κ3) is 5.75. The number of carbonyl (C=O) groups is 2. The summed E-state index contributed by atoms with van der Waals surface area (Å²) in [5, 5.41) is 11.8. The van der Waals surface area contributed by atoms with Crippen LogP contribution in [0.2, 0.25) is 5.02 Å². The Morgan fingerprint density at radius 2 is 1.82 bits per heavy atom. The summed E-state index contributed by atoms with van der Waals surface area (Å²) in [7, 11) is 0. The van der Waals surface area contributed by atoms with Gasteiger partial charge >= 0.3 is 6.16 Å². The van der Waals surface area contributed by atoms with Crippen molar-refractivity contribution >= 4 is 29.5 Å². The van der Waals surface area contributed by atoms with Gasteiger partial charge < -0.3 is 24.6 Å². The number of halogens is 3. The predicted molar refractivity (Wildman–Crippen MR) is 137 cm³/mol. The molecule has 1 aliphatic rings. The minimum Gasteiger partial charge on any atom is -0.493 e. The first-order valence-electron chi connectivity index (χ1n) is 11.6. The number of fused-ring (bicyclic) bond motifs is 1. The smallest absolute Gasteiger partial charge is 0.493 e. The predicted octanol–water partition coefficient (Wildman–Crippen LogP) is 7.24. The van der Waals surface area contributed by atoms with E-state index in [-0.39, 0.29) is 34.5 Å². The van der Waals surface area contributed by atoms with Crippen molar-refractivity contribution in [2.45, 2.75) is 12.5 Å². The van der Waals surface area contributed by atoms with Crippen molar-refractivity contribution < 1.29 is 37.7 Å². The summed E-state index contributed by atoms with van der Waals surface area (Å²) >= 11 is 6.36. The van der Waals surface area contributed by atoms with Crippen LogP contribution in [0.1, 0.15) is 28.4 Å². The van der Waals surface area contributed by atoms with E-state index in [1.807, 2.05) is 0 Å². The maximum Gasteiger partial charge on any atom is 0.506 e. The van der Waals surface area contributed by atoms with Crippen LogP contribution in [0.5, 0.6) is 17.2 Å². The molecule has 1 aromatic heterocycles. The van der Waals surface area contributed by atoms with Crippen LogP contribution in [0, 0.1) is 11.6 Å². The van der Waals surface area contributed by atoms with E-state index in [4.69, 9.17) is 30.9 Å². The van der Waals surface area contributed by atoms with Crippen molar-refractivity contribution in [3.63, 3.8) is 0 Å². The lowest BCUT2D eigenvalue weighted by atomic mass is 10.0. The maximum atomic E-state index is 14.2. The number of hydrogen-bond donors (Lipinski definition) is 2. The number of rotatable bonds is 6. The Hall–Kier alpha value is -4.70. The largest absolute Gasteiger partial charge is 0.506 e. The summed E-state index contributed by atoms with van der Waals surface area (Å²) in [5.41, 5.74) is 0.940. The number of amides is 1. The fourth-order valence-electron chi connectivity index (χ4n) is 4.03. The minimum absolute atomic E-state index is 0.0243. The van der Waals surface area contributed by atoms with Gasteiger partial charge in [-0.15, -0.1) is 0 Å². The Balaban J connectivity index is 1.28. The van der Waals surface area contributed by atoms with Crippen molar-refractivity contribution in [3.8, 4) is 28.5 Å². The number of carboxylic acid groups (broad SMARTS) is 1. The highest BCUT2D eigenvalue weighted by atomic mass is 35.5. The van der Waals surface area contributed by atoms with Crippen molar-refractivity contribution in [1.82, 2.24) is 4.98 Å². The van der Waals surface area contributed by atoms with E-state index < -0.39 is 29.8 Å². The Kier molecular flexibility index (Phi) is 7.29. The average Bonchev–Trinajstić information content (AvgIpc) is 2.91. The highest BCUT2D eigenvalue weighted by Gasteiger charge is 2.27. The SMILES string of the molecule is O=C(O)OC1CCOc2cc(Oc3ccc(C(=O)Nc4cccc(-c5cccc(F)c5F)n4)cc3)c(Cl)cc21. The monoisotopic (exact) mass is 552 g/mol. The number of aromatic nitrogens is 1. The average molecular weight is 553 g/mol. The van der Waals surface area contributed by atoms with Gasteiger partial charge in [0, 0.05) is 29.2 Å². The Bertz CT molecular complexity index is 1560. The topological polar surface area (TPSA) is 107 Å². The van der Waals surface area contributed by atoms with Crippen LogP contribution in [-0.2, 0) is 4.74 Å². The molecular formula is C28H19ClF2N2O6. The second-order valence-corrected chi connectivity index (χ2v) is 8.83. The van der Waals surface area contributed by atoms with E-state index in [2.05, 4.69) is 10.3 Å². The fourth-order valence-corrected chi connectivity index (χ4v) is 4.24. The molecule has 2 heterocycles. The van der Waals surface area contributed by atoms with Crippen LogP contribution in [0.15, 0.2) is 72.8 Å². The van der Waals surface area contributed by atoms with Gasteiger partial charge in [0.25, 0.3) is 5.91 Å². The molecular weight excluding hydrogens is 534 g/mol. The van der Waals surface area contributed by atoms with Crippen molar-refractivity contribution in [2.75, 3.05) is 11.9 Å². The molecule has 2 N–H and O–H groups in total. The fraction of sp³-hybridized carbons (Fsp3) is 0.107. The normalized spacial score (nSPS) is 14.1. The third-order valence-electron chi connectivity index (χ3n) is 5.85. The zero-order chi connectivity index (χ0) is 27.5. The molecule has 5 rings (SSSR count). The first-order valence-corrected chi connectivity index (χ1v) is 12.0. The van der Waals surface area contributed by atoms with Crippen molar-refractivity contribution in [1.29, 1.82) is 0 Å². The molecule has 0 saturated carbocycles. The van der Waals surface area contributed by atoms with Crippen LogP contribution in [0.4, 0.5) is 19.4 Å². The van der Waals surface area contributed by atoms with Gasteiger partial charge in [-0.1, -0.05) is 23.7 Å². The highest BCUT2D eigenvalue weighted by Crippen LogP contribution is 2.42. The molecule has 1 amide bonds. The van der Waals surface area contributed by atoms with E-state index in [0.29, 0.717) is 29.0 Å². The maximum absolute atomic E-state index is 14.2. The number of pyridine rings is 1. The van der Waals surface area contributed by atoms with Gasteiger partial charge in [0.1, 0.15) is 29.2 Å². The van der Waals surface area contributed by atoms with Gasteiger partial charge in [-0.05, 0) is 54.6 Å². The van der Waals surface area contributed by atoms with Crippen LogP contribution < -0.4 is 14.8 Å². The molecule has 39 heavy (non-hydrogen) atoms. The van der Waals surface area contributed by atoms with E-state index in [1.54, 1.807) is 24.3 Å². The second kappa shape index (κ2) is 11.0. The number of ether oxygens (including phenoxy) is 3. The van der Waals surface area contributed by atoms with Crippen LogP contribution in [-0.4, -0.2) is 28.8 Å². The molecule has 8 nitrogen and oxygen atoms in total. The molecule has 1 unspecified atom stereocenters. The molecule has 1 atom stereocenters. The van der Waals surface area contributed by atoms with Gasteiger partial charge in [-0.2, -0.15) is 0 Å². The Labute approximate surface area is 225 Å². The number of anilines is 1. The molecule has 0 fully saturated rings. The quantitative estimate of drug-likeness (QED) is 0.243. The van der Waals surface area contributed by atoms with E-state index in [0.717, 1.165) is 6.07 Å². The lowest BCUT2D eigenvalue weighted by molar-refractivity contribution is 0.0326. The Morgan fingerprint density at radius 1 is 1.05 bits per heavy atom. The Morgan fingerprint density at radius 3 is 2.59 bits per heavy atom. The molecule has 0 spiro atoms. The van der Waals surface area contributed by atoms with Gasteiger partial charge in [0.05, 0.1) is 17.3 Å². The zero-order valence-corrected chi connectivity index (χ0v) is 20.7. The molecule has 4 aromatic rings. The molecule has 1 aliphatic heterocycles. The van der Waals surface area contributed by atoms with Crippen LogP contribution in [0.25, 0.3) is 11.3 Å². The summed E-state index contributed by atoms with van der Waals surface area (Å²) in [6.07, 6.45) is -1.73. The minimum atomic E-state index is -1.39. The molecule has 0 radical (unpaired) electrons. The van der Waals surface area contributed by atoms with Crippen LogP contribution in [0.3, 0.4) is 0 Å². The number of carbonyl (C=O) groups excluding carboxylic acids is 1. The summed E-state index contributed by atoms with van der Waals surface area (Å²) in [5.74, 6) is -1.29. The number of nitrogens with zero attached hydrogens (tertiary/aromatic N) is 1. The zero-order valence-electron chi connectivity index (χ0n) is 20.0. The lowest BCUT2D eigenvalue weighted by Crippen LogP contribution is -2.18. The molecule has 0 saturated heterocycles. The first-order chi connectivity index (χ1) is 18.8. The molecule has 198 valence electrons. The number of benzene rings is 3. The summed E-state index contributed by atoms with van der Waals surface area (Å²) in [4.78, 5) is 27.9. The van der Waals surface area contributed by atoms with Gasteiger partial charge in [-0.3, -0.25) is 4.79 Å². The van der Waals surface area contributed by atoms with Gasteiger partial charge in [-0.25, -0.2) is 18.6 Å². The number of nitrogens with one attached hydrogen (secondary N) is 1. The van der Waals surface area contributed by atoms with Crippen LogP contribution >= 0.6 is 11.6 Å². The summed E-state index contributed by atoms with van der Waals surface area (Å²) < 4.78 is 44.1. The summed E-state index contributed by atoms with van der Waals surface area (Å²) in [6.45, 7) is 0.269. The van der Waals surface area contributed by atoms with Crippen molar-refractivity contribution in [2.24, 2.45) is 0 Å². The number of hydrogen-bond acceptors (Lipinski definition) is 6. The molecule has 0 bridgehead atoms. The molecule has 11 heteroatoms. The van der Waals surface area contributed by atoms with Crippen molar-refractivity contribution in [3.05, 3.63) is 101 Å². The van der Waals surface area contributed by atoms with E-state index in [9.17, 15) is 18.4 Å². The standard InChI is InChI=1S/C28H19ClF2N2O6/c29-19-13-18-22(39-28(35)36)11-12-37-23(18)14-24(19)38-16-9-7-15(8-10-16)27(34)33-25-6-2-5-21(32-25)17-3-1-4-20(30)26(17)31/h1-10,13-14,22H,11-12H2,(H,35,36)(H,32,33,34).